The zero-order valence-electron chi connectivity index (χ0n) is 16.4. The summed E-state index contributed by atoms with van der Waals surface area (Å²) in [5.74, 6) is 0.107. The molecule has 0 radical (unpaired) electrons. The number of hydrogen-bond acceptors (Lipinski definition) is 7. The fraction of sp³-hybridized carbons (Fsp3) is 0.0526. The highest BCUT2D eigenvalue weighted by atomic mass is 35.5. The summed E-state index contributed by atoms with van der Waals surface area (Å²) in [6.45, 7) is 0. The summed E-state index contributed by atoms with van der Waals surface area (Å²) in [6, 6.07) is 14.3. The largest absolute Gasteiger partial charge is 0.497 e. The van der Waals surface area contributed by atoms with Gasteiger partial charge in [0.2, 0.25) is 0 Å². The van der Waals surface area contributed by atoms with E-state index in [0.717, 1.165) is 18.2 Å². The first-order valence-electron chi connectivity index (χ1n) is 8.75. The number of nitro benzene ring substituents is 1. The zero-order chi connectivity index (χ0) is 23.5. The Morgan fingerprint density at radius 3 is 2.12 bits per heavy atom. The maximum absolute atomic E-state index is 12.8. The molecule has 0 aliphatic rings. The minimum atomic E-state index is -4.42. The van der Waals surface area contributed by atoms with Crippen LogP contribution in [0.2, 0.25) is 5.02 Å². The molecule has 0 bridgehead atoms. The molecule has 32 heavy (non-hydrogen) atoms. The van der Waals surface area contributed by atoms with Crippen molar-refractivity contribution in [3.63, 3.8) is 0 Å². The highest BCUT2D eigenvalue weighted by Crippen LogP contribution is 2.30. The van der Waals surface area contributed by atoms with Gasteiger partial charge in [-0.2, -0.15) is 0 Å². The van der Waals surface area contributed by atoms with Crippen molar-refractivity contribution in [3.05, 3.63) is 81.9 Å². The Balaban J connectivity index is 1.93. The molecular weight excluding hydrogens is 482 g/mol. The Labute approximate surface area is 189 Å². The maximum atomic E-state index is 12.8. The van der Waals surface area contributed by atoms with Crippen LogP contribution < -0.4 is 14.2 Å². The van der Waals surface area contributed by atoms with Gasteiger partial charge in [-0.25, -0.2) is 16.8 Å². The molecule has 13 heteroatoms. The molecule has 0 aromatic heterocycles. The minimum Gasteiger partial charge on any atom is -0.497 e. The van der Waals surface area contributed by atoms with Crippen LogP contribution in [0.1, 0.15) is 0 Å². The van der Waals surface area contributed by atoms with Gasteiger partial charge in [0.25, 0.3) is 25.7 Å². The molecular formula is C19H16ClN3O7S2. The monoisotopic (exact) mass is 497 g/mol. The average Bonchev–Trinajstić information content (AvgIpc) is 2.72. The summed E-state index contributed by atoms with van der Waals surface area (Å²) < 4.78 is 60.3. The van der Waals surface area contributed by atoms with Gasteiger partial charge < -0.3 is 4.74 Å². The van der Waals surface area contributed by atoms with E-state index >= 15 is 0 Å². The number of nitro groups is 1. The van der Waals surface area contributed by atoms with Gasteiger partial charge in [-0.3, -0.25) is 19.6 Å². The maximum Gasteiger partial charge on any atom is 0.293 e. The molecule has 10 nitrogen and oxygen atoms in total. The van der Waals surface area contributed by atoms with Gasteiger partial charge in [0.1, 0.15) is 5.75 Å². The number of sulfonamides is 2. The zero-order valence-corrected chi connectivity index (χ0v) is 18.7. The van der Waals surface area contributed by atoms with Crippen molar-refractivity contribution in [1.29, 1.82) is 0 Å². The second-order valence-electron chi connectivity index (χ2n) is 6.34. The van der Waals surface area contributed by atoms with Gasteiger partial charge in [0.05, 0.1) is 34.4 Å². The van der Waals surface area contributed by atoms with Crippen LogP contribution in [0.25, 0.3) is 0 Å². The summed E-state index contributed by atoms with van der Waals surface area (Å²) in [5.41, 5.74) is -0.579. The lowest BCUT2D eigenvalue weighted by molar-refractivity contribution is -0.387. The smallest absolute Gasteiger partial charge is 0.293 e. The fourth-order valence-electron chi connectivity index (χ4n) is 2.70. The first kappa shape index (κ1) is 23.3. The molecule has 3 rings (SSSR count). The van der Waals surface area contributed by atoms with E-state index < -0.39 is 35.6 Å². The van der Waals surface area contributed by atoms with E-state index in [1.165, 1.54) is 43.5 Å². The Morgan fingerprint density at radius 1 is 0.875 bits per heavy atom. The number of benzene rings is 3. The Kier molecular flexibility index (Phi) is 6.57. The van der Waals surface area contributed by atoms with Crippen LogP contribution in [0, 0.1) is 10.1 Å². The van der Waals surface area contributed by atoms with E-state index in [4.69, 9.17) is 16.3 Å². The van der Waals surface area contributed by atoms with Crippen LogP contribution in [-0.4, -0.2) is 28.9 Å². The Hall–Kier alpha value is -3.35. The summed E-state index contributed by atoms with van der Waals surface area (Å²) in [4.78, 5) is 9.64. The molecule has 3 aromatic carbocycles. The highest BCUT2D eigenvalue weighted by Gasteiger charge is 2.27. The first-order chi connectivity index (χ1) is 15.0. The molecule has 3 aromatic rings. The average molecular weight is 498 g/mol. The van der Waals surface area contributed by atoms with Gasteiger partial charge in [-0.15, -0.1) is 0 Å². The molecule has 0 saturated carbocycles. The fourth-order valence-corrected chi connectivity index (χ4v) is 5.19. The van der Waals surface area contributed by atoms with Crippen molar-refractivity contribution in [2.45, 2.75) is 9.79 Å². The number of nitrogens with one attached hydrogen (secondary N) is 2. The molecule has 0 atom stereocenters. The molecule has 0 heterocycles. The molecule has 0 unspecified atom stereocenters. The van der Waals surface area contributed by atoms with Crippen molar-refractivity contribution in [1.82, 2.24) is 0 Å². The number of hydrogen-bond donors (Lipinski definition) is 2. The van der Waals surface area contributed by atoms with Crippen LogP contribution >= 0.6 is 11.6 Å². The summed E-state index contributed by atoms with van der Waals surface area (Å²) in [7, 11) is -7.21. The minimum absolute atomic E-state index is 0.107. The van der Waals surface area contributed by atoms with Gasteiger partial charge in [0, 0.05) is 5.02 Å². The van der Waals surface area contributed by atoms with Gasteiger partial charge in [-0.05, 0) is 48.5 Å². The predicted molar refractivity (Wildman–Crippen MR) is 119 cm³/mol. The molecule has 0 aliphatic heterocycles. The lowest BCUT2D eigenvalue weighted by Crippen LogP contribution is -2.16. The van der Waals surface area contributed by atoms with Crippen LogP contribution in [-0.2, 0) is 20.0 Å². The molecule has 2 N–H and O–H groups in total. The van der Waals surface area contributed by atoms with Crippen LogP contribution in [0.5, 0.6) is 5.75 Å². The summed E-state index contributed by atoms with van der Waals surface area (Å²) in [6.07, 6.45) is 0. The molecule has 0 saturated heterocycles. The molecule has 0 amide bonds. The second-order valence-corrected chi connectivity index (χ2v) is 10.1. The lowest BCUT2D eigenvalue weighted by atomic mass is 10.3. The Bertz CT molecular complexity index is 1390. The summed E-state index contributed by atoms with van der Waals surface area (Å²) in [5, 5.41) is 11.7. The van der Waals surface area contributed by atoms with Crippen molar-refractivity contribution >= 4 is 48.7 Å². The van der Waals surface area contributed by atoms with E-state index in [1.807, 2.05) is 0 Å². The lowest BCUT2D eigenvalue weighted by Gasteiger charge is -2.12. The topological polar surface area (TPSA) is 145 Å². The number of methoxy groups -OCH3 is 1. The van der Waals surface area contributed by atoms with Crippen LogP contribution in [0.15, 0.2) is 76.5 Å². The van der Waals surface area contributed by atoms with Crippen molar-refractivity contribution in [2.24, 2.45) is 0 Å². The molecule has 0 spiro atoms. The van der Waals surface area contributed by atoms with E-state index in [9.17, 15) is 26.9 Å². The first-order valence-corrected chi connectivity index (χ1v) is 12.1. The van der Waals surface area contributed by atoms with E-state index in [1.54, 1.807) is 12.1 Å². The highest BCUT2D eigenvalue weighted by molar-refractivity contribution is 7.93. The number of anilines is 2. The number of halogens is 1. The van der Waals surface area contributed by atoms with Crippen LogP contribution in [0.3, 0.4) is 0 Å². The van der Waals surface area contributed by atoms with Gasteiger partial charge >= 0.3 is 0 Å². The number of rotatable bonds is 8. The van der Waals surface area contributed by atoms with Crippen molar-refractivity contribution in [2.75, 3.05) is 16.6 Å². The third-order valence-electron chi connectivity index (χ3n) is 4.13. The number of nitrogens with zero attached hydrogens (tertiary/aromatic N) is 1. The normalized spacial score (nSPS) is 11.6. The van der Waals surface area contributed by atoms with E-state index in [-0.39, 0.29) is 22.0 Å². The SMILES string of the molecule is COc1ccc(S(=O)(=O)Nc2cccc(S(=O)(=O)Nc3cccc(Cl)c3)c2)c([N+](=O)[O-])c1. The number of ether oxygens (including phenoxy) is 1. The quantitative estimate of drug-likeness (QED) is 0.355. The van der Waals surface area contributed by atoms with Crippen molar-refractivity contribution in [3.8, 4) is 5.75 Å². The van der Waals surface area contributed by atoms with E-state index in [2.05, 4.69) is 9.44 Å². The molecule has 0 fully saturated rings. The van der Waals surface area contributed by atoms with Gasteiger partial charge in [0.15, 0.2) is 4.90 Å². The van der Waals surface area contributed by atoms with E-state index in [0.29, 0.717) is 5.02 Å². The van der Waals surface area contributed by atoms with Crippen molar-refractivity contribution < 1.29 is 26.5 Å². The van der Waals surface area contributed by atoms with Crippen LogP contribution in [0.4, 0.5) is 17.1 Å². The standard InChI is InChI=1S/C19H16ClN3O7S2/c1-30-16-8-9-19(18(12-16)23(24)25)32(28,29)22-15-6-3-7-17(11-15)31(26,27)21-14-5-2-4-13(20)10-14/h2-12,21-22H,1H3. The third kappa shape index (κ3) is 5.28. The Morgan fingerprint density at radius 2 is 1.50 bits per heavy atom. The second kappa shape index (κ2) is 9.02. The third-order valence-corrected chi connectivity index (χ3v) is 7.17. The summed E-state index contributed by atoms with van der Waals surface area (Å²) >= 11 is 5.86. The molecule has 168 valence electrons. The predicted octanol–water partition coefficient (Wildman–Crippen LogP) is 3.86. The molecule has 0 aliphatic carbocycles. The van der Waals surface area contributed by atoms with Gasteiger partial charge in [-0.1, -0.05) is 23.7 Å².